The lowest BCUT2D eigenvalue weighted by Gasteiger charge is -2.33. The zero-order valence-electron chi connectivity index (χ0n) is 19.5. The highest BCUT2D eigenvalue weighted by Gasteiger charge is 2.29. The summed E-state index contributed by atoms with van der Waals surface area (Å²) in [6.07, 6.45) is 6.28. The van der Waals surface area contributed by atoms with Gasteiger partial charge in [0.25, 0.3) is 0 Å². The number of pyridine rings is 1. The molecule has 0 spiro atoms. The third-order valence-corrected chi connectivity index (χ3v) is 6.19. The number of nitrogens with one attached hydrogen (secondary N) is 2. The number of rotatable bonds is 8. The first-order valence-corrected chi connectivity index (χ1v) is 11.6. The van der Waals surface area contributed by atoms with Crippen molar-refractivity contribution < 1.29 is 9.53 Å². The van der Waals surface area contributed by atoms with Crippen LogP contribution in [0.5, 0.6) is 5.88 Å². The van der Waals surface area contributed by atoms with Crippen LogP contribution in [0.15, 0.2) is 79.3 Å². The normalized spacial score (nSPS) is 15.5. The van der Waals surface area contributed by atoms with E-state index in [-0.39, 0.29) is 12.1 Å². The fraction of sp³-hybridized carbons (Fsp3) is 0.222. The maximum atomic E-state index is 11.3. The van der Waals surface area contributed by atoms with Gasteiger partial charge in [0, 0.05) is 36.1 Å². The molecular formula is C27H28N6O2. The molecule has 0 fully saturated rings. The molecule has 2 aromatic carbocycles. The Morgan fingerprint density at radius 1 is 1.17 bits per heavy atom. The number of fused-ring (bicyclic) bond motifs is 1. The topological polar surface area (TPSA) is 107 Å². The fourth-order valence-corrected chi connectivity index (χ4v) is 4.31. The molecule has 2 atom stereocenters. The molecule has 4 aromatic rings. The van der Waals surface area contributed by atoms with E-state index >= 15 is 0 Å². The molecule has 5 rings (SSSR count). The summed E-state index contributed by atoms with van der Waals surface area (Å²) in [5.74, 6) is 0.181. The number of aryl methyl sites for hydroxylation is 1. The van der Waals surface area contributed by atoms with Gasteiger partial charge in [0.05, 0.1) is 24.5 Å². The van der Waals surface area contributed by atoms with Gasteiger partial charge in [-0.05, 0) is 42.3 Å². The Kier molecular flexibility index (Phi) is 6.45. The predicted molar refractivity (Wildman–Crippen MR) is 135 cm³/mol. The van der Waals surface area contributed by atoms with Crippen molar-refractivity contribution in [3.63, 3.8) is 0 Å². The van der Waals surface area contributed by atoms with Gasteiger partial charge in [0.1, 0.15) is 6.10 Å². The molecule has 35 heavy (non-hydrogen) atoms. The molecule has 0 aliphatic carbocycles. The molecule has 4 N–H and O–H groups in total. The summed E-state index contributed by atoms with van der Waals surface area (Å²) in [5.41, 5.74) is 11.0. The van der Waals surface area contributed by atoms with Gasteiger partial charge in [-0.15, -0.1) is 0 Å². The number of amides is 1. The van der Waals surface area contributed by atoms with E-state index in [4.69, 9.17) is 10.5 Å². The lowest BCUT2D eigenvalue weighted by atomic mass is 9.99. The van der Waals surface area contributed by atoms with E-state index in [1.54, 1.807) is 16.8 Å². The van der Waals surface area contributed by atoms with E-state index in [0.717, 1.165) is 40.9 Å². The highest BCUT2D eigenvalue weighted by atomic mass is 16.5. The van der Waals surface area contributed by atoms with Crippen molar-refractivity contribution in [2.45, 2.75) is 18.6 Å². The number of carbonyl (C=O) groups excluding carboxylic acids is 1. The summed E-state index contributed by atoms with van der Waals surface area (Å²) < 4.78 is 8.16. The third-order valence-electron chi connectivity index (χ3n) is 6.19. The summed E-state index contributed by atoms with van der Waals surface area (Å²) >= 11 is 0. The third kappa shape index (κ3) is 5.17. The van der Waals surface area contributed by atoms with E-state index in [9.17, 15) is 4.79 Å². The number of aromatic nitrogens is 3. The molecule has 2 aromatic heterocycles. The summed E-state index contributed by atoms with van der Waals surface area (Å²) in [7, 11) is 1.90. The Morgan fingerprint density at radius 3 is 2.69 bits per heavy atom. The second kappa shape index (κ2) is 9.99. The first-order valence-electron chi connectivity index (χ1n) is 11.6. The van der Waals surface area contributed by atoms with Crippen LogP contribution in [0.1, 0.15) is 27.5 Å². The van der Waals surface area contributed by atoms with Crippen LogP contribution >= 0.6 is 0 Å². The molecule has 178 valence electrons. The van der Waals surface area contributed by atoms with Crippen molar-refractivity contribution in [2.24, 2.45) is 12.8 Å². The van der Waals surface area contributed by atoms with Gasteiger partial charge in [-0.3, -0.25) is 9.48 Å². The van der Waals surface area contributed by atoms with Crippen molar-refractivity contribution in [1.82, 2.24) is 20.1 Å². The first-order chi connectivity index (χ1) is 17.1. The zero-order valence-corrected chi connectivity index (χ0v) is 19.5. The van der Waals surface area contributed by atoms with Crippen LogP contribution in [-0.4, -0.2) is 39.9 Å². The van der Waals surface area contributed by atoms with Crippen molar-refractivity contribution in [3.05, 3.63) is 95.9 Å². The van der Waals surface area contributed by atoms with Gasteiger partial charge in [-0.25, -0.2) is 4.98 Å². The number of hydrogen-bond donors (Lipinski definition) is 3. The number of ether oxygens (including phenoxy) is 1. The summed E-state index contributed by atoms with van der Waals surface area (Å²) in [4.78, 5) is 15.9. The Morgan fingerprint density at radius 2 is 1.97 bits per heavy atom. The average Bonchev–Trinajstić information content (AvgIpc) is 3.33. The van der Waals surface area contributed by atoms with Crippen molar-refractivity contribution in [1.29, 1.82) is 0 Å². The van der Waals surface area contributed by atoms with Gasteiger partial charge in [-0.2, -0.15) is 5.10 Å². The fourth-order valence-electron chi connectivity index (χ4n) is 4.31. The Hall–Kier alpha value is -4.17. The van der Waals surface area contributed by atoms with Crippen LogP contribution in [0.3, 0.4) is 0 Å². The Balaban J connectivity index is 1.29. The van der Waals surface area contributed by atoms with Crippen LogP contribution in [0, 0.1) is 0 Å². The van der Waals surface area contributed by atoms with Crippen molar-refractivity contribution in [3.8, 4) is 17.0 Å². The smallest absolute Gasteiger partial charge is 0.248 e. The molecule has 0 bridgehead atoms. The molecule has 1 aliphatic heterocycles. The number of hydrogen-bond acceptors (Lipinski definition) is 6. The standard InChI is InChI=1S/C27H28N6O2/c1-33-17-22(15-32-33)21-13-23-27(31-14-21)35-24(16-30-23)25(19-5-3-2-4-6-19)29-12-11-18-7-9-20(10-8-18)26(28)34/h2-10,13-15,17,24-25,29-30H,11-12,16H2,1H3,(H2,28,34)/t24-,25+/m0/s1. The lowest BCUT2D eigenvalue weighted by Crippen LogP contribution is -2.43. The quantitative estimate of drug-likeness (QED) is 0.366. The van der Waals surface area contributed by atoms with Crippen molar-refractivity contribution in [2.75, 3.05) is 18.4 Å². The number of carbonyl (C=O) groups is 1. The molecule has 1 amide bonds. The minimum atomic E-state index is -0.415. The summed E-state index contributed by atoms with van der Waals surface area (Å²) in [6.45, 7) is 1.39. The molecule has 0 unspecified atom stereocenters. The zero-order chi connectivity index (χ0) is 24.2. The van der Waals surface area contributed by atoms with Gasteiger partial charge in [-0.1, -0.05) is 42.5 Å². The van der Waals surface area contributed by atoms with Crippen molar-refractivity contribution >= 4 is 11.6 Å². The van der Waals surface area contributed by atoms with Crippen LogP contribution < -0.4 is 21.1 Å². The van der Waals surface area contributed by atoms with Gasteiger partial charge in [0.15, 0.2) is 0 Å². The maximum Gasteiger partial charge on any atom is 0.248 e. The van der Waals surface area contributed by atoms with Gasteiger partial charge >= 0.3 is 0 Å². The SMILES string of the molecule is Cn1cc(-c2cnc3c(c2)NC[C@@H]([C@H](NCCc2ccc(C(N)=O)cc2)c2ccccc2)O3)cn1. The number of primary amides is 1. The molecule has 8 heteroatoms. The highest BCUT2D eigenvalue weighted by molar-refractivity contribution is 5.92. The number of benzene rings is 2. The number of anilines is 1. The van der Waals surface area contributed by atoms with E-state index < -0.39 is 5.91 Å². The van der Waals surface area contributed by atoms with E-state index in [0.29, 0.717) is 18.0 Å². The molecular weight excluding hydrogens is 440 g/mol. The molecule has 0 radical (unpaired) electrons. The largest absolute Gasteiger partial charge is 0.469 e. The van der Waals surface area contributed by atoms with E-state index in [2.05, 4.69) is 38.9 Å². The second-order valence-corrected chi connectivity index (χ2v) is 8.67. The number of nitrogens with zero attached hydrogens (tertiary/aromatic N) is 3. The molecule has 8 nitrogen and oxygen atoms in total. The highest BCUT2D eigenvalue weighted by Crippen LogP contribution is 2.34. The van der Waals surface area contributed by atoms with Crippen LogP contribution in [-0.2, 0) is 13.5 Å². The minimum absolute atomic E-state index is 0.0263. The average molecular weight is 469 g/mol. The lowest BCUT2D eigenvalue weighted by molar-refractivity contribution is 0.1000. The molecule has 3 heterocycles. The number of nitrogens with two attached hydrogens (primary N) is 1. The minimum Gasteiger partial charge on any atom is -0.469 e. The Bertz CT molecular complexity index is 1300. The van der Waals surface area contributed by atoms with Crippen LogP contribution in [0.25, 0.3) is 11.1 Å². The Labute approximate surface area is 204 Å². The maximum absolute atomic E-state index is 11.3. The molecule has 0 saturated heterocycles. The van der Waals surface area contributed by atoms with E-state index in [1.807, 2.05) is 56.0 Å². The van der Waals surface area contributed by atoms with Crippen LogP contribution in [0.2, 0.25) is 0 Å². The van der Waals surface area contributed by atoms with Gasteiger partial charge in [0.2, 0.25) is 11.8 Å². The van der Waals surface area contributed by atoms with Crippen LogP contribution in [0.4, 0.5) is 5.69 Å². The summed E-state index contributed by atoms with van der Waals surface area (Å²) in [5, 5.41) is 11.4. The molecule has 0 saturated carbocycles. The van der Waals surface area contributed by atoms with Gasteiger partial charge < -0.3 is 21.1 Å². The monoisotopic (exact) mass is 468 g/mol. The predicted octanol–water partition coefficient (Wildman–Crippen LogP) is 3.33. The first kappa shape index (κ1) is 22.6. The second-order valence-electron chi connectivity index (χ2n) is 8.67. The molecule has 1 aliphatic rings. The van der Waals surface area contributed by atoms with E-state index in [1.165, 1.54) is 0 Å². The summed E-state index contributed by atoms with van der Waals surface area (Å²) in [6, 6.07) is 19.7.